The van der Waals surface area contributed by atoms with Crippen LogP contribution in [-0.2, 0) is 0 Å². The van der Waals surface area contributed by atoms with Gasteiger partial charge in [-0.05, 0) is 35.4 Å². The molecule has 0 unspecified atom stereocenters. The van der Waals surface area contributed by atoms with Gasteiger partial charge < -0.3 is 9.47 Å². The number of hydrogen-bond donors (Lipinski definition) is 0. The molecule has 2 aromatic carbocycles. The summed E-state index contributed by atoms with van der Waals surface area (Å²) in [5.41, 5.74) is 1.98. The first-order chi connectivity index (χ1) is 9.63. The van der Waals surface area contributed by atoms with E-state index in [1.807, 2.05) is 48.6 Å². The molecule has 0 saturated carbocycles. The smallest absolute Gasteiger partial charge is 0.137 e. The van der Waals surface area contributed by atoms with Crippen molar-refractivity contribution in [3.63, 3.8) is 0 Å². The van der Waals surface area contributed by atoms with Crippen molar-refractivity contribution in [1.82, 2.24) is 0 Å². The van der Waals surface area contributed by atoms with Crippen molar-refractivity contribution in [2.45, 2.75) is 0 Å². The van der Waals surface area contributed by atoms with Gasteiger partial charge >= 0.3 is 0 Å². The number of methoxy groups -OCH3 is 2. The van der Waals surface area contributed by atoms with Crippen molar-refractivity contribution < 1.29 is 9.47 Å². The first-order valence-corrected chi connectivity index (χ1v) is 6.75. The lowest BCUT2D eigenvalue weighted by atomic mass is 10.1. The third-order valence-corrected chi connectivity index (χ3v) is 3.41. The molecule has 0 aliphatic carbocycles. The summed E-state index contributed by atoms with van der Waals surface area (Å²) in [6, 6.07) is 11.2. The molecule has 0 N–H and O–H groups in total. The molecule has 2 rings (SSSR count). The molecule has 0 amide bonds. The Morgan fingerprint density at radius 1 is 0.750 bits per heavy atom. The number of benzene rings is 2. The van der Waals surface area contributed by atoms with Crippen molar-refractivity contribution in [2.24, 2.45) is 0 Å². The highest BCUT2D eigenvalue weighted by atomic mass is 35.5. The Morgan fingerprint density at radius 2 is 1.15 bits per heavy atom. The van der Waals surface area contributed by atoms with Crippen molar-refractivity contribution in [3.05, 3.63) is 57.6 Å². The quantitative estimate of drug-likeness (QED) is 0.724. The minimum absolute atomic E-state index is 0.586. The Labute approximate surface area is 128 Å². The molecule has 0 aromatic heterocycles. The second kappa shape index (κ2) is 6.69. The number of ether oxygens (including phenoxy) is 2. The van der Waals surface area contributed by atoms with Gasteiger partial charge in [0.05, 0.1) is 24.3 Å². The maximum Gasteiger partial charge on any atom is 0.137 e. The van der Waals surface area contributed by atoms with E-state index in [-0.39, 0.29) is 0 Å². The van der Waals surface area contributed by atoms with Gasteiger partial charge in [0.2, 0.25) is 0 Å². The number of rotatable bonds is 4. The summed E-state index contributed by atoms with van der Waals surface area (Å²) in [7, 11) is 3.19. The molecular weight excluding hydrogens is 295 g/mol. The van der Waals surface area contributed by atoms with E-state index in [1.165, 1.54) is 0 Å². The third kappa shape index (κ3) is 3.47. The summed E-state index contributed by atoms with van der Waals surface area (Å²) in [4.78, 5) is 0. The van der Waals surface area contributed by atoms with Crippen LogP contribution in [0.1, 0.15) is 11.1 Å². The topological polar surface area (TPSA) is 18.5 Å². The van der Waals surface area contributed by atoms with Gasteiger partial charge in [0, 0.05) is 0 Å². The van der Waals surface area contributed by atoms with Crippen LogP contribution in [0.2, 0.25) is 10.0 Å². The van der Waals surface area contributed by atoms with E-state index >= 15 is 0 Å². The van der Waals surface area contributed by atoms with E-state index in [1.54, 1.807) is 14.2 Å². The van der Waals surface area contributed by atoms with Crippen LogP contribution < -0.4 is 9.47 Å². The van der Waals surface area contributed by atoms with Gasteiger partial charge in [-0.15, -0.1) is 0 Å². The van der Waals surface area contributed by atoms with Gasteiger partial charge in [-0.2, -0.15) is 0 Å². The molecule has 0 fully saturated rings. The molecular formula is C16H14Cl2O2. The third-order valence-electron chi connectivity index (χ3n) is 2.82. The SMILES string of the molecule is COc1ccc(/C=C/c2ccc(OC)c(Cl)c2)cc1Cl. The van der Waals surface area contributed by atoms with E-state index in [4.69, 9.17) is 32.7 Å². The zero-order valence-electron chi connectivity index (χ0n) is 11.2. The second-order valence-corrected chi connectivity index (χ2v) is 4.94. The Hall–Kier alpha value is -1.64. The molecule has 0 saturated heterocycles. The summed E-state index contributed by atoms with van der Waals surface area (Å²) in [5.74, 6) is 1.33. The predicted octanol–water partition coefficient (Wildman–Crippen LogP) is 5.18. The average Bonchev–Trinajstić information content (AvgIpc) is 2.45. The fourth-order valence-electron chi connectivity index (χ4n) is 1.77. The monoisotopic (exact) mass is 308 g/mol. The van der Waals surface area contributed by atoms with Gasteiger partial charge in [-0.1, -0.05) is 47.5 Å². The van der Waals surface area contributed by atoms with E-state index in [2.05, 4.69) is 0 Å². The highest BCUT2D eigenvalue weighted by Crippen LogP contribution is 2.27. The summed E-state index contributed by atoms with van der Waals surface area (Å²) in [6.45, 7) is 0. The van der Waals surface area contributed by atoms with Crippen LogP contribution in [0.15, 0.2) is 36.4 Å². The molecule has 0 atom stereocenters. The highest BCUT2D eigenvalue weighted by Gasteiger charge is 2.01. The molecule has 0 bridgehead atoms. The molecule has 2 aromatic rings. The molecule has 2 nitrogen and oxygen atoms in total. The second-order valence-electron chi connectivity index (χ2n) is 4.12. The molecule has 104 valence electrons. The van der Waals surface area contributed by atoms with E-state index in [9.17, 15) is 0 Å². The van der Waals surface area contributed by atoms with Crippen LogP contribution >= 0.6 is 23.2 Å². The molecule has 0 radical (unpaired) electrons. The lowest BCUT2D eigenvalue weighted by Gasteiger charge is -2.04. The van der Waals surface area contributed by atoms with Crippen molar-refractivity contribution in [3.8, 4) is 11.5 Å². The Morgan fingerprint density at radius 3 is 1.45 bits per heavy atom. The normalized spacial score (nSPS) is 10.8. The molecule has 0 spiro atoms. The van der Waals surface area contributed by atoms with Crippen molar-refractivity contribution >= 4 is 35.4 Å². The summed E-state index contributed by atoms with van der Waals surface area (Å²) >= 11 is 12.2. The van der Waals surface area contributed by atoms with Crippen LogP contribution in [0.25, 0.3) is 12.2 Å². The first kappa shape index (κ1) is 14.8. The van der Waals surface area contributed by atoms with E-state index in [0.29, 0.717) is 21.5 Å². The van der Waals surface area contributed by atoms with Crippen LogP contribution in [0.3, 0.4) is 0 Å². The number of hydrogen-bond acceptors (Lipinski definition) is 2. The molecule has 0 aliphatic rings. The minimum atomic E-state index is 0.586. The standard InChI is InChI=1S/C16H14Cl2O2/c1-19-15-7-5-11(9-13(15)17)3-4-12-6-8-16(20-2)14(18)10-12/h3-10H,1-2H3/b4-3+. The molecule has 0 aliphatic heterocycles. The fraction of sp³-hybridized carbons (Fsp3) is 0.125. The Kier molecular flexibility index (Phi) is 4.94. The lowest BCUT2D eigenvalue weighted by Crippen LogP contribution is -1.85. The van der Waals surface area contributed by atoms with Crippen LogP contribution in [-0.4, -0.2) is 14.2 Å². The lowest BCUT2D eigenvalue weighted by molar-refractivity contribution is 0.415. The van der Waals surface area contributed by atoms with Crippen molar-refractivity contribution in [2.75, 3.05) is 14.2 Å². The largest absolute Gasteiger partial charge is 0.495 e. The Bertz CT molecular complexity index is 581. The zero-order chi connectivity index (χ0) is 14.5. The summed E-state index contributed by atoms with van der Waals surface area (Å²) in [5, 5.41) is 1.17. The van der Waals surface area contributed by atoms with Crippen LogP contribution in [0, 0.1) is 0 Å². The van der Waals surface area contributed by atoms with Gasteiger partial charge in [0.15, 0.2) is 0 Å². The highest BCUT2D eigenvalue weighted by molar-refractivity contribution is 6.32. The summed E-state index contributed by atoms with van der Waals surface area (Å²) < 4.78 is 10.2. The van der Waals surface area contributed by atoms with Gasteiger partial charge in [0.25, 0.3) is 0 Å². The van der Waals surface area contributed by atoms with Gasteiger partial charge in [0.1, 0.15) is 11.5 Å². The van der Waals surface area contributed by atoms with Gasteiger partial charge in [-0.25, -0.2) is 0 Å². The maximum atomic E-state index is 6.08. The number of halogens is 2. The molecule has 0 heterocycles. The van der Waals surface area contributed by atoms with Gasteiger partial charge in [-0.3, -0.25) is 0 Å². The predicted molar refractivity (Wildman–Crippen MR) is 84.9 cm³/mol. The first-order valence-electron chi connectivity index (χ1n) is 5.99. The molecule has 4 heteroatoms. The van der Waals surface area contributed by atoms with Crippen LogP contribution in [0.4, 0.5) is 0 Å². The van der Waals surface area contributed by atoms with E-state index in [0.717, 1.165) is 11.1 Å². The Balaban J connectivity index is 2.20. The van der Waals surface area contributed by atoms with E-state index < -0.39 is 0 Å². The fourth-order valence-corrected chi connectivity index (χ4v) is 2.30. The van der Waals surface area contributed by atoms with Crippen LogP contribution in [0.5, 0.6) is 11.5 Å². The zero-order valence-corrected chi connectivity index (χ0v) is 12.7. The minimum Gasteiger partial charge on any atom is -0.495 e. The average molecular weight is 309 g/mol. The maximum absolute atomic E-state index is 6.08. The summed E-state index contributed by atoms with van der Waals surface area (Å²) in [6.07, 6.45) is 3.92. The van der Waals surface area contributed by atoms with Crippen molar-refractivity contribution in [1.29, 1.82) is 0 Å². The molecule has 20 heavy (non-hydrogen) atoms.